The second-order valence-electron chi connectivity index (χ2n) is 4.70. The molecule has 0 bridgehead atoms. The molecule has 1 atom stereocenters. The van der Waals surface area contributed by atoms with Crippen LogP contribution in [0.2, 0.25) is 5.02 Å². The molecule has 0 fully saturated rings. The molecule has 0 amide bonds. The number of rotatable bonds is 9. The van der Waals surface area contributed by atoms with Gasteiger partial charge in [0.05, 0.1) is 0 Å². The molecular formula is C16H23ClIN. The minimum Gasteiger partial charge on any atom is -0.310 e. The topological polar surface area (TPSA) is 12.0 Å². The van der Waals surface area contributed by atoms with Gasteiger partial charge in [-0.05, 0) is 72.2 Å². The summed E-state index contributed by atoms with van der Waals surface area (Å²) in [6.45, 7) is 6.90. The Morgan fingerprint density at radius 3 is 2.84 bits per heavy atom. The lowest BCUT2D eigenvalue weighted by molar-refractivity contribution is 0.482. The van der Waals surface area contributed by atoms with Gasteiger partial charge in [0.2, 0.25) is 0 Å². The van der Waals surface area contributed by atoms with E-state index in [2.05, 4.69) is 53.5 Å². The maximum Gasteiger partial charge on any atom is 0.0410 e. The summed E-state index contributed by atoms with van der Waals surface area (Å²) in [5.74, 6) is 0. The van der Waals surface area contributed by atoms with E-state index >= 15 is 0 Å². The van der Waals surface area contributed by atoms with Crippen molar-refractivity contribution in [2.75, 3.05) is 6.54 Å². The monoisotopic (exact) mass is 391 g/mol. The van der Waals surface area contributed by atoms with E-state index < -0.39 is 0 Å². The Bertz CT molecular complexity index is 392. The summed E-state index contributed by atoms with van der Waals surface area (Å²) >= 11 is 8.52. The van der Waals surface area contributed by atoms with Crippen LogP contribution < -0.4 is 5.32 Å². The van der Waals surface area contributed by atoms with Gasteiger partial charge in [-0.15, -0.1) is 6.58 Å². The van der Waals surface area contributed by atoms with Crippen molar-refractivity contribution < 1.29 is 0 Å². The van der Waals surface area contributed by atoms with Gasteiger partial charge in [0.1, 0.15) is 0 Å². The van der Waals surface area contributed by atoms with Gasteiger partial charge < -0.3 is 5.32 Å². The summed E-state index contributed by atoms with van der Waals surface area (Å²) in [5, 5.41) is 4.40. The van der Waals surface area contributed by atoms with Gasteiger partial charge in [-0.25, -0.2) is 0 Å². The molecule has 1 aromatic carbocycles. The molecule has 106 valence electrons. The molecule has 19 heavy (non-hydrogen) atoms. The lowest BCUT2D eigenvalue weighted by Crippen LogP contribution is -2.21. The van der Waals surface area contributed by atoms with Crippen molar-refractivity contribution >= 4 is 34.2 Å². The van der Waals surface area contributed by atoms with E-state index in [0.717, 1.165) is 18.0 Å². The Kier molecular flexibility index (Phi) is 8.75. The Hall–Kier alpha value is -0.0600. The number of benzene rings is 1. The maximum atomic E-state index is 6.12. The van der Waals surface area contributed by atoms with E-state index in [1.54, 1.807) is 0 Å². The van der Waals surface area contributed by atoms with Crippen molar-refractivity contribution in [3.05, 3.63) is 45.0 Å². The van der Waals surface area contributed by atoms with Crippen molar-refractivity contribution in [1.82, 2.24) is 5.32 Å². The molecule has 0 aliphatic rings. The van der Waals surface area contributed by atoms with Crippen LogP contribution in [0.3, 0.4) is 0 Å². The van der Waals surface area contributed by atoms with Crippen molar-refractivity contribution in [3.63, 3.8) is 0 Å². The molecule has 0 aliphatic carbocycles. The third kappa shape index (κ3) is 6.28. The number of nitrogens with one attached hydrogen (secondary N) is 1. The molecule has 1 N–H and O–H groups in total. The van der Waals surface area contributed by atoms with E-state index in [0.29, 0.717) is 6.04 Å². The minimum absolute atomic E-state index is 0.416. The van der Waals surface area contributed by atoms with Crippen LogP contribution in [-0.2, 0) is 0 Å². The van der Waals surface area contributed by atoms with Crippen molar-refractivity contribution in [3.8, 4) is 0 Å². The van der Waals surface area contributed by atoms with Crippen LogP contribution in [0.25, 0.3) is 0 Å². The van der Waals surface area contributed by atoms with Crippen molar-refractivity contribution in [1.29, 1.82) is 0 Å². The largest absolute Gasteiger partial charge is 0.310 e. The molecule has 0 aromatic heterocycles. The van der Waals surface area contributed by atoms with Gasteiger partial charge in [0.15, 0.2) is 0 Å². The molecule has 3 heteroatoms. The first-order chi connectivity index (χ1) is 9.19. The fraction of sp³-hybridized carbons (Fsp3) is 0.500. The van der Waals surface area contributed by atoms with Crippen LogP contribution in [-0.4, -0.2) is 6.54 Å². The second-order valence-corrected chi connectivity index (χ2v) is 6.30. The highest BCUT2D eigenvalue weighted by molar-refractivity contribution is 14.1. The van der Waals surface area contributed by atoms with Crippen LogP contribution in [0.1, 0.15) is 50.6 Å². The standard InChI is InChI=1S/C16H23ClIN/c1-3-5-6-7-8-9-16(19-4-2)14-12-13(17)10-11-15(14)18/h3,10-12,16,19H,1,4-9H2,2H3. The molecule has 0 saturated carbocycles. The second kappa shape index (κ2) is 9.78. The minimum atomic E-state index is 0.416. The van der Waals surface area contributed by atoms with Crippen molar-refractivity contribution in [2.24, 2.45) is 0 Å². The molecule has 1 nitrogen and oxygen atoms in total. The van der Waals surface area contributed by atoms with Crippen LogP contribution in [0.4, 0.5) is 0 Å². The molecule has 1 aromatic rings. The van der Waals surface area contributed by atoms with E-state index in [1.807, 2.05) is 12.1 Å². The summed E-state index contributed by atoms with van der Waals surface area (Å²) in [6.07, 6.45) is 8.05. The fourth-order valence-corrected chi connectivity index (χ4v) is 3.10. The van der Waals surface area contributed by atoms with Crippen LogP contribution in [0.15, 0.2) is 30.9 Å². The van der Waals surface area contributed by atoms with Crippen LogP contribution in [0.5, 0.6) is 0 Å². The number of halogens is 2. The summed E-state index contributed by atoms with van der Waals surface area (Å²) < 4.78 is 1.29. The molecular weight excluding hydrogens is 369 g/mol. The highest BCUT2D eigenvalue weighted by Gasteiger charge is 2.13. The molecule has 1 unspecified atom stereocenters. The smallest absolute Gasteiger partial charge is 0.0410 e. The van der Waals surface area contributed by atoms with Gasteiger partial charge in [-0.3, -0.25) is 0 Å². The van der Waals surface area contributed by atoms with Gasteiger partial charge in [0, 0.05) is 14.6 Å². The predicted molar refractivity (Wildman–Crippen MR) is 93.9 cm³/mol. The number of hydrogen-bond acceptors (Lipinski definition) is 1. The molecule has 1 rings (SSSR count). The van der Waals surface area contributed by atoms with E-state index in [1.165, 1.54) is 34.8 Å². The quantitative estimate of drug-likeness (QED) is 0.322. The summed E-state index contributed by atoms with van der Waals surface area (Å²) in [4.78, 5) is 0. The summed E-state index contributed by atoms with van der Waals surface area (Å²) in [6, 6.07) is 6.57. The van der Waals surface area contributed by atoms with Crippen molar-refractivity contribution in [2.45, 2.75) is 45.1 Å². The van der Waals surface area contributed by atoms with E-state index in [4.69, 9.17) is 11.6 Å². The van der Waals surface area contributed by atoms with Crippen LogP contribution in [0, 0.1) is 3.57 Å². The SMILES string of the molecule is C=CCCCCCC(NCC)c1cc(Cl)ccc1I. The van der Waals surface area contributed by atoms with Crippen LogP contribution >= 0.6 is 34.2 Å². The first-order valence-electron chi connectivity index (χ1n) is 6.98. The average Bonchev–Trinajstić information content (AvgIpc) is 2.40. The third-order valence-electron chi connectivity index (χ3n) is 3.19. The number of hydrogen-bond donors (Lipinski definition) is 1. The summed E-state index contributed by atoms with van der Waals surface area (Å²) in [7, 11) is 0. The van der Waals surface area contributed by atoms with Gasteiger partial charge >= 0.3 is 0 Å². The lowest BCUT2D eigenvalue weighted by atomic mass is 10.00. The number of unbranched alkanes of at least 4 members (excludes halogenated alkanes) is 3. The zero-order valence-corrected chi connectivity index (χ0v) is 14.5. The average molecular weight is 392 g/mol. The Morgan fingerprint density at radius 2 is 2.16 bits per heavy atom. The third-order valence-corrected chi connectivity index (χ3v) is 4.40. The Balaban J connectivity index is 2.60. The van der Waals surface area contributed by atoms with Gasteiger partial charge in [0.25, 0.3) is 0 Å². The first kappa shape index (κ1) is 17.0. The molecule has 0 aliphatic heterocycles. The predicted octanol–water partition coefficient (Wildman–Crippen LogP) is 5.73. The normalized spacial score (nSPS) is 12.4. The lowest BCUT2D eigenvalue weighted by Gasteiger charge is -2.20. The zero-order chi connectivity index (χ0) is 14.1. The Labute approximate surface area is 136 Å². The Morgan fingerprint density at radius 1 is 1.37 bits per heavy atom. The number of allylic oxidation sites excluding steroid dienone is 1. The zero-order valence-electron chi connectivity index (χ0n) is 11.6. The molecule has 0 radical (unpaired) electrons. The highest BCUT2D eigenvalue weighted by atomic mass is 127. The summed E-state index contributed by atoms with van der Waals surface area (Å²) in [5.41, 5.74) is 1.33. The van der Waals surface area contributed by atoms with Gasteiger partial charge in [-0.2, -0.15) is 0 Å². The molecule has 0 spiro atoms. The first-order valence-corrected chi connectivity index (χ1v) is 8.44. The van der Waals surface area contributed by atoms with E-state index in [-0.39, 0.29) is 0 Å². The molecule has 0 heterocycles. The highest BCUT2D eigenvalue weighted by Crippen LogP contribution is 2.27. The molecule has 0 saturated heterocycles. The fourth-order valence-electron chi connectivity index (χ4n) is 2.21. The van der Waals surface area contributed by atoms with E-state index in [9.17, 15) is 0 Å². The maximum absolute atomic E-state index is 6.12. The van der Waals surface area contributed by atoms with Gasteiger partial charge in [-0.1, -0.05) is 37.4 Å².